The van der Waals surface area contributed by atoms with Crippen LogP contribution in [0.5, 0.6) is 11.5 Å². The van der Waals surface area contributed by atoms with Crippen LogP contribution in [-0.4, -0.2) is 27.3 Å². The van der Waals surface area contributed by atoms with Crippen LogP contribution in [0.25, 0.3) is 0 Å². The maximum Gasteiger partial charge on any atom is 0.337 e. The van der Waals surface area contributed by atoms with E-state index in [-0.39, 0.29) is 5.97 Å². The van der Waals surface area contributed by atoms with Gasteiger partial charge in [-0.25, -0.2) is 4.79 Å². The van der Waals surface area contributed by atoms with E-state index >= 15 is 0 Å². The van der Waals surface area contributed by atoms with E-state index in [1.165, 1.54) is 14.2 Å². The first-order valence-corrected chi connectivity index (χ1v) is 4.45. The Morgan fingerprint density at radius 2 is 1.80 bits per heavy atom. The van der Waals surface area contributed by atoms with Gasteiger partial charge < -0.3 is 14.2 Å². The molecule has 0 aliphatic heterocycles. The molecule has 0 aliphatic carbocycles. The monoisotopic (exact) mass is 210 g/mol. The summed E-state index contributed by atoms with van der Waals surface area (Å²) in [5.41, 5.74) is 1.28. The number of carbonyl (C=O) groups excluding carboxylic acids is 1. The molecule has 0 atom stereocenters. The fourth-order valence-electron chi connectivity index (χ4n) is 1.39. The first-order valence-electron chi connectivity index (χ1n) is 4.45. The third kappa shape index (κ3) is 2.21. The predicted molar refractivity (Wildman–Crippen MR) is 55.6 cm³/mol. The van der Waals surface area contributed by atoms with Gasteiger partial charge in [0.25, 0.3) is 0 Å². The first-order chi connectivity index (χ1) is 7.13. The lowest BCUT2D eigenvalue weighted by Gasteiger charge is -2.11. The molecule has 15 heavy (non-hydrogen) atoms. The summed E-state index contributed by atoms with van der Waals surface area (Å²) in [6.07, 6.45) is 0. The normalized spacial score (nSPS) is 9.60. The predicted octanol–water partition coefficient (Wildman–Crippen LogP) is 1.80. The van der Waals surface area contributed by atoms with Gasteiger partial charge in [-0.3, -0.25) is 0 Å². The Kier molecular flexibility index (Phi) is 3.55. The summed E-state index contributed by atoms with van der Waals surface area (Å²) in [6, 6.07) is 3.30. The molecule has 0 N–H and O–H groups in total. The molecule has 0 heterocycles. The molecule has 0 bridgehead atoms. The van der Waals surface area contributed by atoms with Crippen LogP contribution in [0.2, 0.25) is 0 Å². The second-order valence-corrected chi connectivity index (χ2v) is 3.02. The molecule has 82 valence electrons. The van der Waals surface area contributed by atoms with E-state index in [1.807, 2.05) is 6.92 Å². The van der Waals surface area contributed by atoms with Crippen LogP contribution in [0, 0.1) is 6.92 Å². The summed E-state index contributed by atoms with van der Waals surface area (Å²) in [6.45, 7) is 1.84. The largest absolute Gasteiger partial charge is 0.493 e. The third-order valence-electron chi connectivity index (χ3n) is 2.09. The zero-order chi connectivity index (χ0) is 11.4. The molecule has 0 aromatic heterocycles. The lowest BCUT2D eigenvalue weighted by atomic mass is 10.1. The molecule has 1 aromatic rings. The Morgan fingerprint density at radius 3 is 2.27 bits per heavy atom. The van der Waals surface area contributed by atoms with Crippen molar-refractivity contribution in [3.05, 3.63) is 23.3 Å². The SMILES string of the molecule is COC(=O)c1cc(C)c(OC)c(OC)c1. The molecule has 0 unspecified atom stereocenters. The number of benzene rings is 1. The van der Waals surface area contributed by atoms with E-state index < -0.39 is 0 Å². The standard InChI is InChI=1S/C11H14O4/c1-7-5-8(11(12)15-4)6-9(13-2)10(7)14-3/h5-6H,1-4H3. The molecule has 1 aromatic carbocycles. The van der Waals surface area contributed by atoms with Crippen LogP contribution in [0.4, 0.5) is 0 Å². The van der Waals surface area contributed by atoms with Crippen molar-refractivity contribution in [1.82, 2.24) is 0 Å². The average Bonchev–Trinajstić information content (AvgIpc) is 2.26. The zero-order valence-corrected chi connectivity index (χ0v) is 9.29. The number of hydrogen-bond donors (Lipinski definition) is 0. The molecular weight excluding hydrogens is 196 g/mol. The van der Waals surface area contributed by atoms with Crippen molar-refractivity contribution >= 4 is 5.97 Å². The number of hydrogen-bond acceptors (Lipinski definition) is 4. The van der Waals surface area contributed by atoms with Crippen LogP contribution in [-0.2, 0) is 4.74 Å². The van der Waals surface area contributed by atoms with E-state index in [1.54, 1.807) is 19.2 Å². The Bertz CT molecular complexity index is 371. The highest BCUT2D eigenvalue weighted by Gasteiger charge is 2.13. The second kappa shape index (κ2) is 4.68. The molecular formula is C11H14O4. The van der Waals surface area contributed by atoms with Crippen LogP contribution < -0.4 is 9.47 Å². The maximum atomic E-state index is 11.3. The first kappa shape index (κ1) is 11.4. The van der Waals surface area contributed by atoms with Crippen LogP contribution in [0.15, 0.2) is 12.1 Å². The van der Waals surface area contributed by atoms with Crippen LogP contribution >= 0.6 is 0 Å². The third-order valence-corrected chi connectivity index (χ3v) is 2.09. The summed E-state index contributed by atoms with van der Waals surface area (Å²) in [7, 11) is 4.43. The number of aryl methyl sites for hydroxylation is 1. The van der Waals surface area contributed by atoms with Crippen molar-refractivity contribution in [2.75, 3.05) is 21.3 Å². The van der Waals surface area contributed by atoms with E-state index in [0.717, 1.165) is 5.56 Å². The smallest absolute Gasteiger partial charge is 0.337 e. The zero-order valence-electron chi connectivity index (χ0n) is 9.29. The van der Waals surface area contributed by atoms with E-state index in [2.05, 4.69) is 4.74 Å². The van der Waals surface area contributed by atoms with Gasteiger partial charge in [0.15, 0.2) is 11.5 Å². The van der Waals surface area contributed by atoms with E-state index in [4.69, 9.17) is 9.47 Å². The minimum atomic E-state index is -0.390. The van der Waals surface area contributed by atoms with Gasteiger partial charge in [0.1, 0.15) is 0 Å². The van der Waals surface area contributed by atoms with Crippen molar-refractivity contribution in [1.29, 1.82) is 0 Å². The summed E-state index contributed by atoms with van der Waals surface area (Å²) >= 11 is 0. The molecule has 0 radical (unpaired) electrons. The highest BCUT2D eigenvalue weighted by atomic mass is 16.5. The Balaban J connectivity index is 3.25. The summed E-state index contributed by atoms with van der Waals surface area (Å²) in [5, 5.41) is 0. The Morgan fingerprint density at radius 1 is 1.13 bits per heavy atom. The van der Waals surface area contributed by atoms with Crippen LogP contribution in [0.3, 0.4) is 0 Å². The average molecular weight is 210 g/mol. The molecule has 4 nitrogen and oxygen atoms in total. The molecule has 4 heteroatoms. The minimum Gasteiger partial charge on any atom is -0.493 e. The molecule has 0 aliphatic rings. The van der Waals surface area contributed by atoms with Gasteiger partial charge in [0.2, 0.25) is 0 Å². The summed E-state index contributed by atoms with van der Waals surface area (Å²) in [4.78, 5) is 11.3. The highest BCUT2D eigenvalue weighted by molar-refractivity contribution is 5.90. The lowest BCUT2D eigenvalue weighted by Crippen LogP contribution is -2.03. The van der Waals surface area contributed by atoms with E-state index in [0.29, 0.717) is 17.1 Å². The van der Waals surface area contributed by atoms with Gasteiger partial charge in [0.05, 0.1) is 26.9 Å². The van der Waals surface area contributed by atoms with Gasteiger partial charge in [-0.1, -0.05) is 0 Å². The van der Waals surface area contributed by atoms with Crippen molar-refractivity contribution in [3.8, 4) is 11.5 Å². The lowest BCUT2D eigenvalue weighted by molar-refractivity contribution is 0.0600. The number of ether oxygens (including phenoxy) is 3. The van der Waals surface area contributed by atoms with Crippen molar-refractivity contribution in [3.63, 3.8) is 0 Å². The molecule has 0 amide bonds. The second-order valence-electron chi connectivity index (χ2n) is 3.02. The Labute approximate surface area is 88.8 Å². The van der Waals surface area contributed by atoms with Gasteiger partial charge in [0, 0.05) is 0 Å². The highest BCUT2D eigenvalue weighted by Crippen LogP contribution is 2.32. The molecule has 0 spiro atoms. The number of methoxy groups -OCH3 is 3. The van der Waals surface area contributed by atoms with Crippen molar-refractivity contribution in [2.45, 2.75) is 6.92 Å². The molecule has 0 saturated carbocycles. The number of rotatable bonds is 3. The number of esters is 1. The molecule has 0 saturated heterocycles. The van der Waals surface area contributed by atoms with Crippen molar-refractivity contribution < 1.29 is 19.0 Å². The summed E-state index contributed by atoms with van der Waals surface area (Å²) < 4.78 is 14.9. The Hall–Kier alpha value is -1.71. The topological polar surface area (TPSA) is 44.8 Å². The van der Waals surface area contributed by atoms with Gasteiger partial charge in [-0.2, -0.15) is 0 Å². The quantitative estimate of drug-likeness (QED) is 0.713. The van der Waals surface area contributed by atoms with Crippen LogP contribution in [0.1, 0.15) is 15.9 Å². The fraction of sp³-hybridized carbons (Fsp3) is 0.364. The van der Waals surface area contributed by atoms with E-state index in [9.17, 15) is 4.79 Å². The van der Waals surface area contributed by atoms with Crippen molar-refractivity contribution in [2.24, 2.45) is 0 Å². The number of carbonyl (C=O) groups is 1. The summed E-state index contributed by atoms with van der Waals surface area (Å²) in [5.74, 6) is 0.766. The fourth-order valence-corrected chi connectivity index (χ4v) is 1.39. The maximum absolute atomic E-state index is 11.3. The van der Waals surface area contributed by atoms with Gasteiger partial charge in [-0.15, -0.1) is 0 Å². The van der Waals surface area contributed by atoms with Gasteiger partial charge >= 0.3 is 5.97 Å². The molecule has 1 rings (SSSR count). The van der Waals surface area contributed by atoms with Gasteiger partial charge in [-0.05, 0) is 24.6 Å². The minimum absolute atomic E-state index is 0.390. The molecule has 0 fully saturated rings.